The van der Waals surface area contributed by atoms with E-state index in [9.17, 15) is 4.79 Å². The van der Waals surface area contributed by atoms with Crippen molar-refractivity contribution in [1.29, 1.82) is 0 Å². The van der Waals surface area contributed by atoms with E-state index in [2.05, 4.69) is 32.2 Å². The van der Waals surface area contributed by atoms with Crippen molar-refractivity contribution in [2.75, 3.05) is 6.61 Å². The van der Waals surface area contributed by atoms with Crippen molar-refractivity contribution in [2.45, 2.75) is 51.7 Å². The Morgan fingerprint density at radius 3 is 2.77 bits per heavy atom. The summed E-state index contributed by atoms with van der Waals surface area (Å²) < 4.78 is 11.7. The molecule has 0 saturated heterocycles. The molecule has 0 spiro atoms. The molecule has 1 atom stereocenters. The van der Waals surface area contributed by atoms with Crippen LogP contribution in [0.25, 0.3) is 0 Å². The second kappa shape index (κ2) is 7.81. The molecule has 1 amide bonds. The van der Waals surface area contributed by atoms with Gasteiger partial charge in [-0.25, -0.2) is 0 Å². The Labute approximate surface area is 155 Å². The zero-order chi connectivity index (χ0) is 18.6. The topological polar surface area (TPSA) is 47.6 Å². The smallest absolute Gasteiger partial charge is 0.220 e. The van der Waals surface area contributed by atoms with Crippen LogP contribution in [0.1, 0.15) is 50.3 Å². The first-order valence-electron chi connectivity index (χ1n) is 9.20. The summed E-state index contributed by atoms with van der Waals surface area (Å²) in [5, 5.41) is 3.18. The zero-order valence-corrected chi connectivity index (χ0v) is 15.7. The van der Waals surface area contributed by atoms with Crippen molar-refractivity contribution in [3.63, 3.8) is 0 Å². The molecule has 0 aromatic heterocycles. The summed E-state index contributed by atoms with van der Waals surface area (Å²) in [5.41, 5.74) is 1.94. The summed E-state index contributed by atoms with van der Waals surface area (Å²) in [6.45, 7) is 6.71. The van der Waals surface area contributed by atoms with E-state index in [1.165, 1.54) is 5.56 Å². The van der Waals surface area contributed by atoms with Gasteiger partial charge in [0.15, 0.2) is 0 Å². The largest absolute Gasteiger partial charge is 0.494 e. The Balaban J connectivity index is 1.54. The van der Waals surface area contributed by atoms with Crippen molar-refractivity contribution in [2.24, 2.45) is 0 Å². The van der Waals surface area contributed by atoms with Crippen LogP contribution in [0.3, 0.4) is 0 Å². The van der Waals surface area contributed by atoms with Crippen molar-refractivity contribution < 1.29 is 14.3 Å². The van der Waals surface area contributed by atoms with Crippen LogP contribution in [0.5, 0.6) is 11.5 Å². The van der Waals surface area contributed by atoms with E-state index in [1.807, 2.05) is 42.5 Å². The summed E-state index contributed by atoms with van der Waals surface area (Å²) in [4.78, 5) is 12.4. The maximum Gasteiger partial charge on any atom is 0.220 e. The lowest BCUT2D eigenvalue weighted by atomic mass is 9.89. The van der Waals surface area contributed by atoms with Crippen molar-refractivity contribution in [3.8, 4) is 11.5 Å². The highest BCUT2D eigenvalue weighted by Gasteiger charge is 2.34. The van der Waals surface area contributed by atoms with Gasteiger partial charge in [-0.05, 0) is 45.4 Å². The van der Waals surface area contributed by atoms with Crippen LogP contribution in [0.4, 0.5) is 0 Å². The maximum absolute atomic E-state index is 12.4. The monoisotopic (exact) mass is 353 g/mol. The number of carbonyl (C=O) groups is 1. The molecule has 1 N–H and O–H groups in total. The van der Waals surface area contributed by atoms with E-state index < -0.39 is 0 Å². The Kier molecular flexibility index (Phi) is 5.50. The second-order valence-corrected chi connectivity index (χ2v) is 7.49. The molecule has 0 saturated carbocycles. The second-order valence-electron chi connectivity index (χ2n) is 7.49. The number of amides is 1. The fourth-order valence-corrected chi connectivity index (χ4v) is 3.31. The van der Waals surface area contributed by atoms with Gasteiger partial charge in [0.05, 0.1) is 12.6 Å². The van der Waals surface area contributed by atoms with E-state index in [0.717, 1.165) is 23.5 Å². The third kappa shape index (κ3) is 4.78. The van der Waals surface area contributed by atoms with E-state index >= 15 is 0 Å². The fourth-order valence-electron chi connectivity index (χ4n) is 3.31. The van der Waals surface area contributed by atoms with E-state index in [1.54, 1.807) is 0 Å². The minimum atomic E-state index is -0.295. The van der Waals surface area contributed by atoms with Crippen LogP contribution in [0.15, 0.2) is 48.5 Å². The highest BCUT2D eigenvalue weighted by molar-refractivity contribution is 5.76. The lowest BCUT2D eigenvalue weighted by Gasteiger charge is -2.38. The number of carbonyl (C=O) groups excluding carboxylic acids is 1. The molecule has 4 heteroatoms. The molecule has 138 valence electrons. The molecular weight excluding hydrogens is 326 g/mol. The zero-order valence-electron chi connectivity index (χ0n) is 15.7. The van der Waals surface area contributed by atoms with Gasteiger partial charge in [0.2, 0.25) is 5.91 Å². The van der Waals surface area contributed by atoms with Gasteiger partial charge in [-0.2, -0.15) is 0 Å². The number of ether oxygens (including phenoxy) is 2. The molecule has 2 aromatic rings. The molecule has 1 aliphatic rings. The quantitative estimate of drug-likeness (QED) is 0.774. The third-order valence-electron chi connectivity index (χ3n) is 4.52. The minimum absolute atomic E-state index is 0.0174. The van der Waals surface area contributed by atoms with Crippen LogP contribution in [0, 0.1) is 6.92 Å². The molecule has 3 rings (SSSR count). The van der Waals surface area contributed by atoms with E-state index in [4.69, 9.17) is 9.47 Å². The molecule has 0 unspecified atom stereocenters. The van der Waals surface area contributed by atoms with Crippen molar-refractivity contribution in [3.05, 3.63) is 59.7 Å². The van der Waals surface area contributed by atoms with Gasteiger partial charge in [0.25, 0.3) is 0 Å². The van der Waals surface area contributed by atoms with E-state index in [0.29, 0.717) is 19.4 Å². The Bertz CT molecular complexity index is 755. The molecule has 1 heterocycles. The first kappa shape index (κ1) is 18.3. The summed E-state index contributed by atoms with van der Waals surface area (Å²) in [6.07, 6.45) is 1.90. The number of benzene rings is 2. The summed E-state index contributed by atoms with van der Waals surface area (Å²) in [6, 6.07) is 15.8. The summed E-state index contributed by atoms with van der Waals surface area (Å²) >= 11 is 0. The predicted octanol–water partition coefficient (Wildman–Crippen LogP) is 4.57. The molecule has 2 aromatic carbocycles. The van der Waals surface area contributed by atoms with Gasteiger partial charge in [-0.3, -0.25) is 4.79 Å². The Hall–Kier alpha value is -2.49. The Morgan fingerprint density at radius 2 is 2.00 bits per heavy atom. The molecule has 0 radical (unpaired) electrons. The number of para-hydroxylation sites is 1. The van der Waals surface area contributed by atoms with Crippen LogP contribution < -0.4 is 14.8 Å². The molecular formula is C22H27NO3. The molecule has 1 aliphatic heterocycles. The van der Waals surface area contributed by atoms with Crippen LogP contribution >= 0.6 is 0 Å². The van der Waals surface area contributed by atoms with Gasteiger partial charge in [-0.1, -0.05) is 35.9 Å². The van der Waals surface area contributed by atoms with Gasteiger partial charge in [0, 0.05) is 18.4 Å². The lowest BCUT2D eigenvalue weighted by molar-refractivity contribution is -0.122. The molecule has 0 fully saturated rings. The number of hydrogen-bond acceptors (Lipinski definition) is 3. The van der Waals surface area contributed by atoms with Gasteiger partial charge < -0.3 is 14.8 Å². The molecule has 26 heavy (non-hydrogen) atoms. The number of aryl methyl sites for hydroxylation is 1. The highest BCUT2D eigenvalue weighted by atomic mass is 16.5. The SMILES string of the molecule is Cc1ccc2c(c1)[C@H](NC(=O)CCCOc1ccccc1)CC(C)(C)O2. The van der Waals surface area contributed by atoms with Gasteiger partial charge in [-0.15, -0.1) is 0 Å². The third-order valence-corrected chi connectivity index (χ3v) is 4.52. The molecule has 4 nitrogen and oxygen atoms in total. The highest BCUT2D eigenvalue weighted by Crippen LogP contribution is 2.39. The van der Waals surface area contributed by atoms with Crippen molar-refractivity contribution >= 4 is 5.91 Å². The normalized spacial score (nSPS) is 17.7. The predicted molar refractivity (Wildman–Crippen MR) is 103 cm³/mol. The van der Waals surface area contributed by atoms with Crippen molar-refractivity contribution in [1.82, 2.24) is 5.32 Å². The first-order valence-corrected chi connectivity index (χ1v) is 9.20. The van der Waals surface area contributed by atoms with E-state index in [-0.39, 0.29) is 17.6 Å². The number of hydrogen-bond donors (Lipinski definition) is 1. The Morgan fingerprint density at radius 1 is 1.23 bits per heavy atom. The standard InChI is InChI=1S/C22H27NO3/c1-16-11-12-20-18(14-16)19(15-22(2,3)26-20)23-21(24)10-7-13-25-17-8-5-4-6-9-17/h4-6,8-9,11-12,14,19H,7,10,13,15H2,1-3H3,(H,23,24)/t19-/m1/s1. The van der Waals surface area contributed by atoms with Crippen LogP contribution in [0.2, 0.25) is 0 Å². The molecule has 0 bridgehead atoms. The molecule has 0 aliphatic carbocycles. The van der Waals surface area contributed by atoms with Gasteiger partial charge in [0.1, 0.15) is 17.1 Å². The van der Waals surface area contributed by atoms with Crippen LogP contribution in [-0.4, -0.2) is 18.1 Å². The summed E-state index contributed by atoms with van der Waals surface area (Å²) in [5.74, 6) is 1.75. The maximum atomic E-state index is 12.4. The number of fused-ring (bicyclic) bond motifs is 1. The average molecular weight is 353 g/mol. The summed E-state index contributed by atoms with van der Waals surface area (Å²) in [7, 11) is 0. The van der Waals surface area contributed by atoms with Crippen LogP contribution in [-0.2, 0) is 4.79 Å². The fraction of sp³-hybridized carbons (Fsp3) is 0.409. The number of rotatable bonds is 6. The average Bonchev–Trinajstić information content (AvgIpc) is 2.60. The lowest BCUT2D eigenvalue weighted by Crippen LogP contribution is -2.41. The van der Waals surface area contributed by atoms with Gasteiger partial charge >= 0.3 is 0 Å². The number of nitrogens with one attached hydrogen (secondary N) is 1. The first-order chi connectivity index (χ1) is 12.4. The minimum Gasteiger partial charge on any atom is -0.494 e.